The number of anilines is 2. The van der Waals surface area contributed by atoms with Crippen LogP contribution in [0.4, 0.5) is 11.4 Å². The Balaban J connectivity index is 1.35. The first-order chi connectivity index (χ1) is 21.8. The molecule has 3 aromatic carbocycles. The van der Waals surface area contributed by atoms with E-state index in [2.05, 4.69) is 10.2 Å². The number of aryl methyl sites for hydroxylation is 2. The molecule has 0 radical (unpaired) electrons. The van der Waals surface area contributed by atoms with Gasteiger partial charge in [0.1, 0.15) is 0 Å². The van der Waals surface area contributed by atoms with Crippen molar-refractivity contribution in [2.45, 2.75) is 45.6 Å². The van der Waals surface area contributed by atoms with Crippen LogP contribution in [0.5, 0.6) is 11.5 Å². The minimum absolute atomic E-state index is 0.0364. The number of carboxylic acid groups (broad SMARTS) is 1. The number of benzene rings is 3. The first-order valence-electron chi connectivity index (χ1n) is 15.7. The molecule has 10 heteroatoms. The molecule has 0 saturated carbocycles. The van der Waals surface area contributed by atoms with Crippen molar-refractivity contribution in [2.75, 3.05) is 56.4 Å². The third-order valence-corrected chi connectivity index (χ3v) is 9.58. The minimum atomic E-state index is -0.901. The van der Waals surface area contributed by atoms with Crippen LogP contribution < -0.4 is 19.7 Å². The lowest BCUT2D eigenvalue weighted by Gasteiger charge is -2.30. The van der Waals surface area contributed by atoms with E-state index in [1.165, 1.54) is 0 Å². The van der Waals surface area contributed by atoms with Crippen molar-refractivity contribution in [3.05, 3.63) is 81.4 Å². The van der Waals surface area contributed by atoms with E-state index in [0.717, 1.165) is 65.1 Å². The smallest absolute Gasteiger partial charge is 0.309 e. The SMILES string of the molecule is CCc1cc(Cl)cc(CC)c1NC(=O)CN1C[C@H](c2ccc3c(c2C)OCO3)C(C(=O)O)[C@@H]1c1ccc(N2CCOCC2)cc1. The monoisotopic (exact) mass is 633 g/mol. The second kappa shape index (κ2) is 13.3. The predicted octanol–water partition coefficient (Wildman–Crippen LogP) is 5.82. The average Bonchev–Trinajstić information content (AvgIpc) is 3.68. The molecule has 3 aliphatic rings. The lowest BCUT2D eigenvalue weighted by molar-refractivity contribution is -0.143. The maximum Gasteiger partial charge on any atom is 0.309 e. The summed E-state index contributed by atoms with van der Waals surface area (Å²) in [5.41, 5.74) is 6.43. The van der Waals surface area contributed by atoms with E-state index in [9.17, 15) is 14.7 Å². The number of fused-ring (bicyclic) bond motifs is 1. The van der Waals surface area contributed by atoms with Gasteiger partial charge >= 0.3 is 5.97 Å². The van der Waals surface area contributed by atoms with Gasteiger partial charge in [0.05, 0.1) is 25.7 Å². The highest BCUT2D eigenvalue weighted by Gasteiger charge is 2.48. The number of aliphatic carboxylic acids is 1. The molecule has 0 bridgehead atoms. The predicted molar refractivity (Wildman–Crippen MR) is 174 cm³/mol. The number of likely N-dealkylation sites (tertiary alicyclic amines) is 1. The Hall–Kier alpha value is -3.79. The molecule has 3 heterocycles. The third kappa shape index (κ3) is 6.21. The van der Waals surface area contributed by atoms with E-state index in [4.69, 9.17) is 25.8 Å². The first-order valence-corrected chi connectivity index (χ1v) is 16.1. The molecular weight excluding hydrogens is 594 g/mol. The number of nitrogens with one attached hydrogen (secondary N) is 1. The van der Waals surface area contributed by atoms with E-state index in [1.54, 1.807) is 0 Å². The number of carboxylic acids is 1. The summed E-state index contributed by atoms with van der Waals surface area (Å²) in [5, 5.41) is 14.6. The van der Waals surface area contributed by atoms with Gasteiger partial charge in [0.2, 0.25) is 12.7 Å². The van der Waals surface area contributed by atoms with Gasteiger partial charge in [-0.15, -0.1) is 0 Å². The lowest BCUT2D eigenvalue weighted by Crippen LogP contribution is -2.36. The van der Waals surface area contributed by atoms with Crippen LogP contribution >= 0.6 is 11.6 Å². The van der Waals surface area contributed by atoms with Crippen molar-refractivity contribution in [2.24, 2.45) is 5.92 Å². The van der Waals surface area contributed by atoms with Gasteiger partial charge in [0, 0.05) is 48.0 Å². The summed E-state index contributed by atoms with van der Waals surface area (Å²) in [6, 6.07) is 15.2. The second-order valence-electron chi connectivity index (χ2n) is 11.9. The lowest BCUT2D eigenvalue weighted by atomic mass is 9.81. The molecule has 2 fully saturated rings. The summed E-state index contributed by atoms with van der Waals surface area (Å²) in [6.07, 6.45) is 1.44. The Morgan fingerprint density at radius 1 is 1.00 bits per heavy atom. The van der Waals surface area contributed by atoms with Gasteiger partial charge in [-0.3, -0.25) is 14.5 Å². The largest absolute Gasteiger partial charge is 0.481 e. The fourth-order valence-electron chi connectivity index (χ4n) is 7.15. The molecule has 1 unspecified atom stereocenters. The Labute approximate surface area is 269 Å². The Morgan fingerprint density at radius 3 is 2.33 bits per heavy atom. The van der Waals surface area contributed by atoms with Crippen LogP contribution in [0.2, 0.25) is 5.02 Å². The number of hydrogen-bond donors (Lipinski definition) is 2. The summed E-state index contributed by atoms with van der Waals surface area (Å²) in [4.78, 5) is 31.2. The molecular formula is C35H40ClN3O6. The van der Waals surface area contributed by atoms with Crippen LogP contribution in [0.15, 0.2) is 48.5 Å². The molecule has 0 spiro atoms. The van der Waals surface area contributed by atoms with E-state index in [-0.39, 0.29) is 25.2 Å². The average molecular weight is 634 g/mol. The molecule has 2 saturated heterocycles. The van der Waals surface area contributed by atoms with E-state index in [0.29, 0.717) is 36.3 Å². The van der Waals surface area contributed by atoms with Gasteiger partial charge in [-0.25, -0.2) is 0 Å². The molecule has 6 rings (SSSR count). The number of amides is 1. The van der Waals surface area contributed by atoms with Gasteiger partial charge in [0.15, 0.2) is 11.5 Å². The molecule has 3 atom stereocenters. The van der Waals surface area contributed by atoms with Gasteiger partial charge < -0.3 is 29.5 Å². The van der Waals surface area contributed by atoms with Crippen LogP contribution in [0.1, 0.15) is 53.6 Å². The minimum Gasteiger partial charge on any atom is -0.481 e. The first kappa shape index (κ1) is 31.2. The normalized spacial score (nSPS) is 21.2. The fourth-order valence-corrected chi connectivity index (χ4v) is 7.41. The van der Waals surface area contributed by atoms with Crippen molar-refractivity contribution in [1.82, 2.24) is 4.90 Å². The highest BCUT2D eigenvalue weighted by atomic mass is 35.5. The molecule has 0 aromatic heterocycles. The quantitative estimate of drug-likeness (QED) is 0.304. The van der Waals surface area contributed by atoms with Gasteiger partial charge in [-0.05, 0) is 77.9 Å². The molecule has 45 heavy (non-hydrogen) atoms. The number of halogens is 1. The number of nitrogens with zero attached hydrogens (tertiary/aromatic N) is 2. The molecule has 0 aliphatic carbocycles. The number of carbonyl (C=O) groups is 2. The molecule has 3 aliphatic heterocycles. The van der Waals surface area contributed by atoms with Crippen LogP contribution in [-0.4, -0.2) is 68.1 Å². The summed E-state index contributed by atoms with van der Waals surface area (Å²) < 4.78 is 16.8. The third-order valence-electron chi connectivity index (χ3n) is 9.36. The highest BCUT2D eigenvalue weighted by molar-refractivity contribution is 6.30. The second-order valence-corrected chi connectivity index (χ2v) is 12.3. The molecule has 238 valence electrons. The zero-order valence-corrected chi connectivity index (χ0v) is 26.7. The maximum atomic E-state index is 13.8. The summed E-state index contributed by atoms with van der Waals surface area (Å²) in [7, 11) is 0. The van der Waals surface area contributed by atoms with Gasteiger partial charge in [0.25, 0.3) is 0 Å². The molecule has 1 amide bonds. The highest BCUT2D eigenvalue weighted by Crippen LogP contribution is 2.49. The van der Waals surface area contributed by atoms with Crippen LogP contribution in [0.3, 0.4) is 0 Å². The number of rotatable bonds is 9. The van der Waals surface area contributed by atoms with Gasteiger partial charge in [-0.2, -0.15) is 0 Å². The molecule has 2 N–H and O–H groups in total. The summed E-state index contributed by atoms with van der Waals surface area (Å²) in [6.45, 7) is 9.56. The molecule has 9 nitrogen and oxygen atoms in total. The Morgan fingerprint density at radius 2 is 1.69 bits per heavy atom. The standard InChI is InChI=1S/C35H40ClN3O6/c1-4-22-16-25(36)17-23(5-2)32(22)37-30(40)19-39-18-28(27-10-11-29-34(21(27)3)45-20-44-29)31(35(41)42)33(39)24-6-8-26(9-7-24)38-12-14-43-15-13-38/h6-11,16-17,28,31,33H,4-5,12-15,18-20H2,1-3H3,(H,37,40)(H,41,42)/t28-,31?,33+/m1/s1. The van der Waals surface area contributed by atoms with Crippen molar-refractivity contribution < 1.29 is 28.9 Å². The number of carbonyl (C=O) groups excluding carboxylic acids is 1. The van der Waals surface area contributed by atoms with E-state index in [1.807, 2.05) is 74.2 Å². The van der Waals surface area contributed by atoms with Crippen molar-refractivity contribution in [3.8, 4) is 11.5 Å². The zero-order chi connectivity index (χ0) is 31.7. The summed E-state index contributed by atoms with van der Waals surface area (Å²) >= 11 is 6.37. The van der Waals surface area contributed by atoms with Crippen LogP contribution in [0.25, 0.3) is 0 Å². The van der Waals surface area contributed by atoms with Crippen LogP contribution in [-0.2, 0) is 27.2 Å². The number of hydrogen-bond acceptors (Lipinski definition) is 7. The zero-order valence-electron chi connectivity index (χ0n) is 26.0. The van der Waals surface area contributed by atoms with Crippen molar-refractivity contribution in [1.29, 1.82) is 0 Å². The summed E-state index contributed by atoms with van der Waals surface area (Å²) in [5.74, 6) is -0.943. The van der Waals surface area contributed by atoms with E-state index >= 15 is 0 Å². The topological polar surface area (TPSA) is 101 Å². The maximum absolute atomic E-state index is 13.8. The fraction of sp³-hybridized carbons (Fsp3) is 0.429. The van der Waals surface area contributed by atoms with Crippen molar-refractivity contribution in [3.63, 3.8) is 0 Å². The molecule has 3 aromatic rings. The number of morpholine rings is 1. The van der Waals surface area contributed by atoms with Gasteiger partial charge in [-0.1, -0.05) is 43.6 Å². The van der Waals surface area contributed by atoms with Crippen molar-refractivity contribution >= 4 is 34.9 Å². The Kier molecular flexibility index (Phi) is 9.21. The van der Waals surface area contributed by atoms with E-state index < -0.39 is 17.9 Å². The van der Waals surface area contributed by atoms with Crippen LogP contribution in [0, 0.1) is 12.8 Å². The number of ether oxygens (including phenoxy) is 3. The Bertz CT molecular complexity index is 1550.